The second kappa shape index (κ2) is 9.28. The van der Waals surface area contributed by atoms with E-state index in [-0.39, 0.29) is 6.03 Å². The molecule has 0 spiro atoms. The summed E-state index contributed by atoms with van der Waals surface area (Å²) in [6.07, 6.45) is 7.58. The van der Waals surface area contributed by atoms with Gasteiger partial charge < -0.3 is 14.8 Å². The summed E-state index contributed by atoms with van der Waals surface area (Å²) in [5, 5.41) is 2.97. The number of carbonyl (C=O) groups excluding carboxylic acids is 1. The van der Waals surface area contributed by atoms with Crippen molar-refractivity contribution in [2.24, 2.45) is 0 Å². The topological polar surface area (TPSA) is 50.2 Å². The Morgan fingerprint density at radius 3 is 2.37 bits per heavy atom. The Morgan fingerprint density at radius 2 is 1.74 bits per heavy atom. The van der Waals surface area contributed by atoms with Gasteiger partial charge in [-0.2, -0.15) is 0 Å². The zero-order chi connectivity index (χ0) is 19.1. The molecule has 3 aromatic rings. The summed E-state index contributed by atoms with van der Waals surface area (Å²) in [4.78, 5) is 19.3. The van der Waals surface area contributed by atoms with Gasteiger partial charge in [-0.25, -0.2) is 9.78 Å². The number of thioether (sulfide) groups is 1. The molecule has 5 nitrogen and oxygen atoms in total. The number of nitrogens with zero attached hydrogens (tertiary/aromatic N) is 3. The van der Waals surface area contributed by atoms with Gasteiger partial charge in [0, 0.05) is 44.0 Å². The highest BCUT2D eigenvalue weighted by Gasteiger charge is 2.09. The number of nitrogens with one attached hydrogen (secondary N) is 1. The molecule has 3 rings (SSSR count). The third kappa shape index (κ3) is 5.62. The van der Waals surface area contributed by atoms with Crippen molar-refractivity contribution >= 4 is 17.8 Å². The molecule has 0 bridgehead atoms. The Kier molecular flexibility index (Phi) is 6.54. The maximum absolute atomic E-state index is 12.3. The molecule has 0 aliphatic rings. The lowest BCUT2D eigenvalue weighted by Crippen LogP contribution is -2.36. The largest absolute Gasteiger partial charge is 0.334 e. The fraction of sp³-hybridized carbons (Fsp3) is 0.238. The summed E-state index contributed by atoms with van der Waals surface area (Å²) < 4.78 is 2.03. The summed E-state index contributed by atoms with van der Waals surface area (Å²) in [5.41, 5.74) is 3.40. The lowest BCUT2D eigenvalue weighted by molar-refractivity contribution is 0.206. The van der Waals surface area contributed by atoms with Crippen LogP contribution in [0.3, 0.4) is 0 Å². The molecule has 0 aliphatic carbocycles. The number of rotatable bonds is 7. The fourth-order valence-corrected chi connectivity index (χ4v) is 3.15. The van der Waals surface area contributed by atoms with E-state index in [9.17, 15) is 4.79 Å². The molecule has 6 heteroatoms. The normalized spacial score (nSPS) is 10.6. The van der Waals surface area contributed by atoms with Crippen LogP contribution in [0.25, 0.3) is 0 Å². The number of hydrogen-bond acceptors (Lipinski definition) is 3. The number of amides is 2. The predicted molar refractivity (Wildman–Crippen MR) is 110 cm³/mol. The molecule has 0 atom stereocenters. The van der Waals surface area contributed by atoms with E-state index in [2.05, 4.69) is 53.0 Å². The average molecular weight is 381 g/mol. The van der Waals surface area contributed by atoms with Gasteiger partial charge in [0.15, 0.2) is 0 Å². The maximum atomic E-state index is 12.3. The highest BCUT2D eigenvalue weighted by molar-refractivity contribution is 7.98. The molecule has 0 fully saturated rings. The van der Waals surface area contributed by atoms with Crippen LogP contribution in [0.5, 0.6) is 0 Å². The standard InChI is InChI=1S/C21H24N4OS/c1-24(14-18-7-9-20(27-2)10-8-18)21(26)23-13-17-3-5-19(6-4-17)15-25-12-11-22-16-25/h3-12,16H,13-15H2,1-2H3,(H,23,26). The minimum atomic E-state index is -0.0774. The van der Waals surface area contributed by atoms with E-state index in [0.29, 0.717) is 13.1 Å². The SMILES string of the molecule is CSc1ccc(CN(C)C(=O)NCc2ccc(Cn3ccnc3)cc2)cc1. The Hall–Kier alpha value is -2.73. The zero-order valence-electron chi connectivity index (χ0n) is 15.6. The van der Waals surface area contributed by atoms with Crippen molar-refractivity contribution < 1.29 is 4.79 Å². The van der Waals surface area contributed by atoms with Gasteiger partial charge in [0.05, 0.1) is 6.33 Å². The summed E-state index contributed by atoms with van der Waals surface area (Å²) in [5.74, 6) is 0. The summed E-state index contributed by atoms with van der Waals surface area (Å²) in [6, 6.07) is 16.5. The molecule has 1 N–H and O–H groups in total. The van der Waals surface area contributed by atoms with Gasteiger partial charge in [-0.3, -0.25) is 0 Å². The number of hydrogen-bond donors (Lipinski definition) is 1. The van der Waals surface area contributed by atoms with Crippen LogP contribution in [-0.4, -0.2) is 33.8 Å². The zero-order valence-corrected chi connectivity index (χ0v) is 16.4. The predicted octanol–water partition coefficient (Wildman–Crippen LogP) is 3.99. The molecule has 0 radical (unpaired) electrons. The second-order valence-electron chi connectivity index (χ2n) is 6.41. The second-order valence-corrected chi connectivity index (χ2v) is 7.29. The van der Waals surface area contributed by atoms with Gasteiger partial charge in [0.1, 0.15) is 0 Å². The molecule has 0 unspecified atom stereocenters. The first-order valence-electron chi connectivity index (χ1n) is 8.79. The highest BCUT2D eigenvalue weighted by Crippen LogP contribution is 2.15. The van der Waals surface area contributed by atoms with Crippen molar-refractivity contribution in [1.82, 2.24) is 19.8 Å². The van der Waals surface area contributed by atoms with Crippen LogP contribution >= 0.6 is 11.8 Å². The minimum Gasteiger partial charge on any atom is -0.334 e. The number of carbonyl (C=O) groups is 1. The monoisotopic (exact) mass is 380 g/mol. The molecule has 1 heterocycles. The quantitative estimate of drug-likeness (QED) is 0.631. The van der Waals surface area contributed by atoms with E-state index in [1.54, 1.807) is 29.2 Å². The lowest BCUT2D eigenvalue weighted by atomic mass is 10.1. The molecule has 140 valence electrons. The van der Waals surface area contributed by atoms with Crippen molar-refractivity contribution in [2.45, 2.75) is 24.5 Å². The van der Waals surface area contributed by atoms with Gasteiger partial charge in [0.2, 0.25) is 0 Å². The van der Waals surface area contributed by atoms with Gasteiger partial charge in [-0.1, -0.05) is 36.4 Å². The van der Waals surface area contributed by atoms with E-state index in [1.807, 2.05) is 29.9 Å². The number of imidazole rings is 1. The molecular weight excluding hydrogens is 356 g/mol. The molecule has 1 aromatic heterocycles. The van der Waals surface area contributed by atoms with Crippen LogP contribution in [-0.2, 0) is 19.6 Å². The van der Waals surface area contributed by atoms with Crippen LogP contribution < -0.4 is 5.32 Å². The van der Waals surface area contributed by atoms with Crippen molar-refractivity contribution in [3.63, 3.8) is 0 Å². The van der Waals surface area contributed by atoms with Crippen LogP contribution in [0.2, 0.25) is 0 Å². The van der Waals surface area contributed by atoms with Crippen LogP contribution in [0.1, 0.15) is 16.7 Å². The third-order valence-electron chi connectivity index (χ3n) is 4.32. The third-order valence-corrected chi connectivity index (χ3v) is 5.06. The van der Waals surface area contributed by atoms with Gasteiger partial charge >= 0.3 is 6.03 Å². The Bertz CT molecular complexity index is 845. The van der Waals surface area contributed by atoms with Crippen LogP contribution in [0.15, 0.2) is 72.1 Å². The van der Waals surface area contributed by atoms with E-state index in [0.717, 1.165) is 17.7 Å². The van der Waals surface area contributed by atoms with E-state index < -0.39 is 0 Å². The fourth-order valence-electron chi connectivity index (χ4n) is 2.74. The molecule has 2 aromatic carbocycles. The first kappa shape index (κ1) is 19.0. The van der Waals surface area contributed by atoms with Crippen LogP contribution in [0.4, 0.5) is 4.79 Å². The van der Waals surface area contributed by atoms with E-state index in [1.165, 1.54) is 10.5 Å². The van der Waals surface area contributed by atoms with E-state index in [4.69, 9.17) is 0 Å². The lowest BCUT2D eigenvalue weighted by Gasteiger charge is -2.18. The minimum absolute atomic E-state index is 0.0774. The molecule has 2 amide bonds. The van der Waals surface area contributed by atoms with Crippen molar-refractivity contribution in [2.75, 3.05) is 13.3 Å². The van der Waals surface area contributed by atoms with Crippen LogP contribution in [0, 0.1) is 0 Å². The van der Waals surface area contributed by atoms with Gasteiger partial charge in [0.25, 0.3) is 0 Å². The molecular formula is C21H24N4OS. The summed E-state index contributed by atoms with van der Waals surface area (Å²) >= 11 is 1.71. The average Bonchev–Trinajstić information content (AvgIpc) is 3.21. The Morgan fingerprint density at radius 1 is 1.07 bits per heavy atom. The smallest absolute Gasteiger partial charge is 0.317 e. The van der Waals surface area contributed by atoms with E-state index >= 15 is 0 Å². The maximum Gasteiger partial charge on any atom is 0.317 e. The number of benzene rings is 2. The first-order valence-corrected chi connectivity index (χ1v) is 10.0. The molecule has 0 saturated carbocycles. The molecule has 0 aliphatic heterocycles. The Balaban J connectivity index is 1.47. The van der Waals surface area contributed by atoms with Crippen molar-refractivity contribution in [3.8, 4) is 0 Å². The molecule has 27 heavy (non-hydrogen) atoms. The highest BCUT2D eigenvalue weighted by atomic mass is 32.2. The molecule has 0 saturated heterocycles. The Labute approximate surface area is 164 Å². The van der Waals surface area contributed by atoms with Gasteiger partial charge in [-0.15, -0.1) is 11.8 Å². The summed E-state index contributed by atoms with van der Waals surface area (Å²) in [6.45, 7) is 1.90. The summed E-state index contributed by atoms with van der Waals surface area (Å²) in [7, 11) is 1.81. The van der Waals surface area contributed by atoms with Crippen molar-refractivity contribution in [1.29, 1.82) is 0 Å². The number of urea groups is 1. The van der Waals surface area contributed by atoms with Crippen molar-refractivity contribution in [3.05, 3.63) is 83.9 Å². The first-order chi connectivity index (χ1) is 13.1. The van der Waals surface area contributed by atoms with Gasteiger partial charge in [-0.05, 0) is 35.1 Å². The number of aromatic nitrogens is 2.